The number of para-hydroxylation sites is 1. The summed E-state index contributed by atoms with van der Waals surface area (Å²) in [4.78, 5) is 15.8. The van der Waals surface area contributed by atoms with Crippen molar-refractivity contribution in [3.8, 4) is 0 Å². The molecule has 0 bridgehead atoms. The number of halogens is 1. The molecule has 0 radical (unpaired) electrons. The first-order valence-electron chi connectivity index (χ1n) is 13.0. The average Bonchev–Trinajstić information content (AvgIpc) is 3.28. The predicted octanol–water partition coefficient (Wildman–Crippen LogP) is 6.10. The van der Waals surface area contributed by atoms with Gasteiger partial charge in [-0.2, -0.15) is 0 Å². The molecule has 0 unspecified atom stereocenters. The Kier molecular flexibility index (Phi) is 7.47. The minimum Gasteiger partial charge on any atom is -0.353 e. The summed E-state index contributed by atoms with van der Waals surface area (Å²) in [5, 5.41) is 4.46. The second-order valence-corrected chi connectivity index (χ2v) is 9.80. The number of amides is 1. The molecular formula is C31H34FN3O. The van der Waals surface area contributed by atoms with Gasteiger partial charge in [0.15, 0.2) is 0 Å². The molecule has 1 N–H and O–H groups in total. The number of carbonyl (C=O) groups excluding carboxylic acids is 1. The van der Waals surface area contributed by atoms with Gasteiger partial charge in [0.05, 0.1) is 0 Å². The summed E-state index contributed by atoms with van der Waals surface area (Å²) in [7, 11) is 0. The number of aromatic nitrogens is 1. The van der Waals surface area contributed by atoms with Crippen molar-refractivity contribution in [2.45, 2.75) is 51.2 Å². The van der Waals surface area contributed by atoms with E-state index in [-0.39, 0.29) is 23.7 Å². The van der Waals surface area contributed by atoms with Gasteiger partial charge in [-0.25, -0.2) is 4.39 Å². The van der Waals surface area contributed by atoms with Crippen LogP contribution in [0.4, 0.5) is 4.39 Å². The lowest BCUT2D eigenvalue weighted by Gasteiger charge is -2.32. The molecule has 1 aromatic heterocycles. The molecule has 0 spiro atoms. The zero-order chi connectivity index (χ0) is 24.9. The highest BCUT2D eigenvalue weighted by Crippen LogP contribution is 2.35. The van der Waals surface area contributed by atoms with Gasteiger partial charge >= 0.3 is 0 Å². The normalized spacial score (nSPS) is 15.7. The standard InChI is InChI=1S/C31H34FN3O/c1-2-35-22-29(27-10-6-7-11-30(27)35)28(24-12-14-25(32)15-13-24)20-31(36)33-26-16-18-34(19-17-26)21-23-8-4-3-5-9-23/h3-15,22,26,28H,2,16-21H2,1H3,(H,33,36)/t28-/m0/s1. The van der Waals surface area contributed by atoms with Gasteiger partial charge < -0.3 is 9.88 Å². The van der Waals surface area contributed by atoms with Crippen LogP contribution in [0.25, 0.3) is 10.9 Å². The number of benzene rings is 3. The molecule has 1 aliphatic heterocycles. The van der Waals surface area contributed by atoms with Crippen LogP contribution in [-0.2, 0) is 17.9 Å². The molecule has 1 fully saturated rings. The van der Waals surface area contributed by atoms with E-state index in [1.165, 1.54) is 17.7 Å². The van der Waals surface area contributed by atoms with Crippen molar-refractivity contribution >= 4 is 16.8 Å². The number of piperidine rings is 1. The molecule has 186 valence electrons. The number of hydrogen-bond acceptors (Lipinski definition) is 2. The van der Waals surface area contributed by atoms with Gasteiger partial charge in [-0.15, -0.1) is 0 Å². The summed E-state index contributed by atoms with van der Waals surface area (Å²) in [6, 6.07) is 25.7. The first kappa shape index (κ1) is 24.3. The van der Waals surface area contributed by atoms with Gasteiger partial charge in [-0.1, -0.05) is 60.7 Å². The molecule has 36 heavy (non-hydrogen) atoms. The quantitative estimate of drug-likeness (QED) is 0.329. The van der Waals surface area contributed by atoms with Gasteiger partial charge in [-0.05, 0) is 54.7 Å². The van der Waals surface area contributed by atoms with Gasteiger partial charge in [0, 0.05) is 61.7 Å². The van der Waals surface area contributed by atoms with Crippen LogP contribution in [0, 0.1) is 5.82 Å². The fourth-order valence-corrected chi connectivity index (χ4v) is 5.47. The first-order chi connectivity index (χ1) is 17.6. The number of likely N-dealkylation sites (tertiary alicyclic amines) is 1. The van der Waals surface area contributed by atoms with E-state index in [4.69, 9.17) is 0 Å². The van der Waals surface area contributed by atoms with E-state index in [0.717, 1.165) is 61.1 Å². The Bertz CT molecular complexity index is 1290. The topological polar surface area (TPSA) is 37.3 Å². The molecule has 0 aliphatic carbocycles. The lowest BCUT2D eigenvalue weighted by atomic mass is 9.87. The Balaban J connectivity index is 1.29. The second-order valence-electron chi connectivity index (χ2n) is 9.80. The van der Waals surface area contributed by atoms with Crippen LogP contribution < -0.4 is 5.32 Å². The van der Waals surface area contributed by atoms with Crippen molar-refractivity contribution in [2.24, 2.45) is 0 Å². The number of hydrogen-bond donors (Lipinski definition) is 1. The number of nitrogens with zero attached hydrogens (tertiary/aromatic N) is 2. The van der Waals surface area contributed by atoms with E-state index in [2.05, 4.69) is 64.3 Å². The maximum Gasteiger partial charge on any atom is 0.221 e. The van der Waals surface area contributed by atoms with Crippen molar-refractivity contribution < 1.29 is 9.18 Å². The third-order valence-corrected chi connectivity index (χ3v) is 7.40. The van der Waals surface area contributed by atoms with Crippen molar-refractivity contribution in [2.75, 3.05) is 13.1 Å². The van der Waals surface area contributed by atoms with Gasteiger partial charge in [0.1, 0.15) is 5.82 Å². The summed E-state index contributed by atoms with van der Waals surface area (Å²) in [6.07, 6.45) is 4.41. The zero-order valence-corrected chi connectivity index (χ0v) is 20.9. The SMILES string of the molecule is CCn1cc([C@@H](CC(=O)NC2CCN(Cc3ccccc3)CC2)c2ccc(F)cc2)c2ccccc21. The second kappa shape index (κ2) is 11.1. The summed E-state index contributed by atoms with van der Waals surface area (Å²) in [6.45, 7) is 5.89. The number of carbonyl (C=O) groups is 1. The molecule has 5 heteroatoms. The predicted molar refractivity (Wildman–Crippen MR) is 143 cm³/mol. The van der Waals surface area contributed by atoms with E-state index < -0.39 is 0 Å². The fourth-order valence-electron chi connectivity index (χ4n) is 5.47. The van der Waals surface area contributed by atoms with Crippen LogP contribution in [-0.4, -0.2) is 34.5 Å². The molecule has 0 saturated carbocycles. The number of nitrogens with one attached hydrogen (secondary N) is 1. The van der Waals surface area contributed by atoms with Gasteiger partial charge in [0.2, 0.25) is 5.91 Å². The third-order valence-electron chi connectivity index (χ3n) is 7.40. The highest BCUT2D eigenvalue weighted by atomic mass is 19.1. The largest absolute Gasteiger partial charge is 0.353 e. The molecule has 1 atom stereocenters. The number of fused-ring (bicyclic) bond motifs is 1. The van der Waals surface area contributed by atoms with Crippen molar-refractivity contribution in [3.63, 3.8) is 0 Å². The minimum absolute atomic E-state index is 0.0548. The van der Waals surface area contributed by atoms with E-state index in [9.17, 15) is 9.18 Å². The van der Waals surface area contributed by atoms with E-state index in [1.807, 2.05) is 30.3 Å². The molecule has 4 aromatic rings. The lowest BCUT2D eigenvalue weighted by molar-refractivity contribution is -0.122. The number of rotatable bonds is 8. The monoisotopic (exact) mass is 483 g/mol. The lowest BCUT2D eigenvalue weighted by Crippen LogP contribution is -2.44. The van der Waals surface area contributed by atoms with Crippen molar-refractivity contribution in [1.82, 2.24) is 14.8 Å². The Morgan fingerprint density at radius 1 is 0.972 bits per heavy atom. The zero-order valence-electron chi connectivity index (χ0n) is 20.9. The Labute approximate surface area is 212 Å². The molecule has 1 aliphatic rings. The average molecular weight is 484 g/mol. The summed E-state index contributed by atoms with van der Waals surface area (Å²) >= 11 is 0. The first-order valence-corrected chi connectivity index (χ1v) is 13.0. The highest BCUT2D eigenvalue weighted by Gasteiger charge is 2.25. The van der Waals surface area contributed by atoms with E-state index >= 15 is 0 Å². The summed E-state index contributed by atoms with van der Waals surface area (Å²) in [5.74, 6) is -0.346. The van der Waals surface area contributed by atoms with Crippen LogP contribution in [0.3, 0.4) is 0 Å². The molecule has 4 nitrogen and oxygen atoms in total. The van der Waals surface area contributed by atoms with Crippen LogP contribution in [0.1, 0.15) is 48.8 Å². The van der Waals surface area contributed by atoms with Crippen LogP contribution in [0.2, 0.25) is 0 Å². The fraction of sp³-hybridized carbons (Fsp3) is 0.323. The van der Waals surface area contributed by atoms with Crippen molar-refractivity contribution in [3.05, 3.63) is 108 Å². The van der Waals surface area contributed by atoms with Gasteiger partial charge in [0.25, 0.3) is 0 Å². The maximum absolute atomic E-state index is 13.7. The van der Waals surface area contributed by atoms with E-state index in [1.54, 1.807) is 0 Å². The smallest absolute Gasteiger partial charge is 0.221 e. The molecule has 1 saturated heterocycles. The maximum atomic E-state index is 13.7. The van der Waals surface area contributed by atoms with Crippen LogP contribution in [0.15, 0.2) is 85.1 Å². The third kappa shape index (κ3) is 5.52. The summed E-state index contributed by atoms with van der Waals surface area (Å²) < 4.78 is 15.9. The molecule has 3 aromatic carbocycles. The van der Waals surface area contributed by atoms with E-state index in [0.29, 0.717) is 6.42 Å². The minimum atomic E-state index is -0.264. The molecular weight excluding hydrogens is 449 g/mol. The highest BCUT2D eigenvalue weighted by molar-refractivity contribution is 5.86. The van der Waals surface area contributed by atoms with Crippen LogP contribution in [0.5, 0.6) is 0 Å². The van der Waals surface area contributed by atoms with Gasteiger partial charge in [-0.3, -0.25) is 9.69 Å². The Hall–Kier alpha value is -3.44. The number of aryl methyl sites for hydroxylation is 1. The van der Waals surface area contributed by atoms with Crippen molar-refractivity contribution in [1.29, 1.82) is 0 Å². The Morgan fingerprint density at radius 3 is 2.39 bits per heavy atom. The summed E-state index contributed by atoms with van der Waals surface area (Å²) in [5.41, 5.74) is 4.57. The molecule has 1 amide bonds. The molecule has 2 heterocycles. The molecule has 5 rings (SSSR count). The Morgan fingerprint density at radius 2 is 1.67 bits per heavy atom. The van der Waals surface area contributed by atoms with Crippen LogP contribution >= 0.6 is 0 Å².